The van der Waals surface area contributed by atoms with Crippen molar-refractivity contribution < 1.29 is 0 Å². The molecule has 2 heteroatoms. The molecular weight excluding hydrogens is 244 g/mol. The molecule has 0 atom stereocenters. The van der Waals surface area contributed by atoms with Crippen LogP contribution in [0.1, 0.15) is 11.1 Å². The maximum atomic E-state index is 4.58. The van der Waals surface area contributed by atoms with Crippen molar-refractivity contribution in [3.05, 3.63) is 77.9 Å². The Bertz CT molecular complexity index is 818. The second-order valence-corrected chi connectivity index (χ2v) is 5.01. The van der Waals surface area contributed by atoms with E-state index < -0.39 is 0 Å². The number of hydrogen-bond acceptors (Lipinski definition) is 2. The second kappa shape index (κ2) is 4.49. The average Bonchev–Trinajstić information content (AvgIpc) is 2.91. The van der Waals surface area contributed by atoms with E-state index in [9.17, 15) is 0 Å². The van der Waals surface area contributed by atoms with Crippen molar-refractivity contribution in [2.45, 2.75) is 6.54 Å². The number of amidine groups is 1. The smallest absolute Gasteiger partial charge is 0.133 e. The van der Waals surface area contributed by atoms with Crippen LogP contribution in [0.4, 0.5) is 5.69 Å². The monoisotopic (exact) mass is 258 g/mol. The van der Waals surface area contributed by atoms with Crippen LogP contribution >= 0.6 is 0 Å². The number of nitrogens with zero attached hydrogens (tertiary/aromatic N) is 1. The fourth-order valence-corrected chi connectivity index (χ4v) is 2.65. The van der Waals surface area contributed by atoms with Crippen molar-refractivity contribution in [1.29, 1.82) is 0 Å². The summed E-state index contributed by atoms with van der Waals surface area (Å²) in [4.78, 5) is 4.58. The molecule has 96 valence electrons. The van der Waals surface area contributed by atoms with Gasteiger partial charge in [-0.05, 0) is 28.5 Å². The van der Waals surface area contributed by atoms with Gasteiger partial charge in [-0.2, -0.15) is 0 Å². The Hall–Kier alpha value is -2.61. The van der Waals surface area contributed by atoms with Gasteiger partial charge in [-0.25, -0.2) is 0 Å². The first-order chi connectivity index (χ1) is 9.90. The normalized spacial score (nSPS) is 13.1. The molecule has 0 bridgehead atoms. The number of benzene rings is 3. The molecule has 0 unspecified atom stereocenters. The SMILES string of the molecule is c1ccc2c(c1)CN=C2Nc1ccc2ccccc2c1. The highest BCUT2D eigenvalue weighted by molar-refractivity contribution is 6.11. The zero-order chi connectivity index (χ0) is 13.4. The summed E-state index contributed by atoms with van der Waals surface area (Å²) in [5.41, 5.74) is 3.58. The Kier molecular flexibility index (Phi) is 2.52. The van der Waals surface area contributed by atoms with Gasteiger partial charge >= 0.3 is 0 Å². The maximum absolute atomic E-state index is 4.58. The Morgan fingerprint density at radius 2 is 1.60 bits per heavy atom. The minimum absolute atomic E-state index is 0.770. The summed E-state index contributed by atoms with van der Waals surface area (Å²) in [7, 11) is 0. The van der Waals surface area contributed by atoms with Crippen molar-refractivity contribution in [3.63, 3.8) is 0 Å². The highest BCUT2D eigenvalue weighted by Crippen LogP contribution is 2.23. The Morgan fingerprint density at radius 1 is 0.800 bits per heavy atom. The molecule has 1 aliphatic rings. The first-order valence-electron chi connectivity index (χ1n) is 6.79. The Balaban J connectivity index is 1.69. The van der Waals surface area contributed by atoms with Crippen LogP contribution in [0.2, 0.25) is 0 Å². The van der Waals surface area contributed by atoms with Gasteiger partial charge in [-0.3, -0.25) is 4.99 Å². The maximum Gasteiger partial charge on any atom is 0.133 e. The van der Waals surface area contributed by atoms with Gasteiger partial charge in [0, 0.05) is 11.3 Å². The molecule has 2 nitrogen and oxygen atoms in total. The Morgan fingerprint density at radius 3 is 2.55 bits per heavy atom. The quantitative estimate of drug-likeness (QED) is 0.694. The number of nitrogens with one attached hydrogen (secondary N) is 1. The zero-order valence-electron chi connectivity index (χ0n) is 11.0. The summed E-state index contributed by atoms with van der Waals surface area (Å²) >= 11 is 0. The number of hydrogen-bond donors (Lipinski definition) is 1. The van der Waals surface area contributed by atoms with E-state index in [1.165, 1.54) is 21.9 Å². The van der Waals surface area contributed by atoms with Crippen molar-refractivity contribution in [2.24, 2.45) is 4.99 Å². The van der Waals surface area contributed by atoms with Gasteiger partial charge in [0.05, 0.1) is 6.54 Å². The van der Waals surface area contributed by atoms with Crippen molar-refractivity contribution in [3.8, 4) is 0 Å². The van der Waals surface area contributed by atoms with Gasteiger partial charge in [0.15, 0.2) is 0 Å². The molecule has 1 N–H and O–H groups in total. The fraction of sp³-hybridized carbons (Fsp3) is 0.0556. The molecule has 20 heavy (non-hydrogen) atoms. The van der Waals surface area contributed by atoms with Crippen LogP contribution in [0, 0.1) is 0 Å². The molecule has 4 rings (SSSR count). The van der Waals surface area contributed by atoms with Gasteiger partial charge in [0.1, 0.15) is 5.84 Å². The van der Waals surface area contributed by atoms with Crippen LogP contribution in [0.3, 0.4) is 0 Å². The standard InChI is InChI=1S/C18H14N2/c1-2-6-14-11-16(10-9-13(14)5-1)20-18-17-8-4-3-7-15(17)12-19-18/h1-11H,12H2,(H,19,20). The lowest BCUT2D eigenvalue weighted by Gasteiger charge is -2.08. The van der Waals surface area contributed by atoms with Gasteiger partial charge in [-0.15, -0.1) is 0 Å². The zero-order valence-corrected chi connectivity index (χ0v) is 11.0. The molecule has 0 aliphatic carbocycles. The van der Waals surface area contributed by atoms with Crippen LogP contribution in [0.25, 0.3) is 10.8 Å². The molecular formula is C18H14N2. The molecule has 1 aliphatic heterocycles. The summed E-state index contributed by atoms with van der Waals surface area (Å²) in [6.45, 7) is 0.770. The van der Waals surface area contributed by atoms with Gasteiger partial charge < -0.3 is 5.32 Å². The molecule has 3 aromatic rings. The van der Waals surface area contributed by atoms with E-state index in [4.69, 9.17) is 0 Å². The van der Waals surface area contributed by atoms with Gasteiger partial charge in [-0.1, -0.05) is 54.6 Å². The molecule has 0 spiro atoms. The second-order valence-electron chi connectivity index (χ2n) is 5.01. The van der Waals surface area contributed by atoms with E-state index in [1.807, 2.05) is 0 Å². The largest absolute Gasteiger partial charge is 0.340 e. The van der Waals surface area contributed by atoms with Crippen LogP contribution in [-0.2, 0) is 6.54 Å². The number of anilines is 1. The van der Waals surface area contributed by atoms with Crippen LogP contribution < -0.4 is 5.32 Å². The lowest BCUT2D eigenvalue weighted by Crippen LogP contribution is -2.11. The van der Waals surface area contributed by atoms with Crippen LogP contribution in [0.5, 0.6) is 0 Å². The third-order valence-electron chi connectivity index (χ3n) is 3.69. The fourth-order valence-electron chi connectivity index (χ4n) is 2.65. The molecule has 0 saturated carbocycles. The van der Waals surface area contributed by atoms with Crippen molar-refractivity contribution >= 4 is 22.3 Å². The lowest BCUT2D eigenvalue weighted by molar-refractivity contribution is 1.11. The van der Waals surface area contributed by atoms with E-state index >= 15 is 0 Å². The minimum atomic E-state index is 0.770. The van der Waals surface area contributed by atoms with Crippen LogP contribution in [0.15, 0.2) is 71.7 Å². The topological polar surface area (TPSA) is 24.4 Å². The number of aliphatic imine (C=N–C) groups is 1. The molecule has 0 amide bonds. The van der Waals surface area contributed by atoms with Crippen molar-refractivity contribution in [1.82, 2.24) is 0 Å². The van der Waals surface area contributed by atoms with Gasteiger partial charge in [0.25, 0.3) is 0 Å². The van der Waals surface area contributed by atoms with E-state index in [-0.39, 0.29) is 0 Å². The summed E-state index contributed by atoms with van der Waals surface area (Å²) in [5, 5.41) is 5.94. The molecule has 0 radical (unpaired) electrons. The predicted molar refractivity (Wildman–Crippen MR) is 84.3 cm³/mol. The summed E-state index contributed by atoms with van der Waals surface area (Å²) < 4.78 is 0. The molecule has 0 fully saturated rings. The van der Waals surface area contributed by atoms with Crippen molar-refractivity contribution in [2.75, 3.05) is 5.32 Å². The summed E-state index contributed by atoms with van der Waals surface area (Å²) in [6, 6.07) is 23.2. The highest BCUT2D eigenvalue weighted by Gasteiger charge is 2.14. The first kappa shape index (κ1) is 11.2. The molecule has 3 aromatic carbocycles. The first-order valence-corrected chi connectivity index (χ1v) is 6.79. The Labute approximate surface area is 117 Å². The van der Waals surface area contributed by atoms with E-state index in [1.54, 1.807) is 0 Å². The highest BCUT2D eigenvalue weighted by atomic mass is 15.0. The van der Waals surface area contributed by atoms with Gasteiger partial charge in [0.2, 0.25) is 0 Å². The molecule has 0 aromatic heterocycles. The van der Waals surface area contributed by atoms with E-state index in [2.05, 4.69) is 77.0 Å². The summed E-state index contributed by atoms with van der Waals surface area (Å²) in [6.07, 6.45) is 0. The third-order valence-corrected chi connectivity index (χ3v) is 3.69. The molecule has 1 heterocycles. The summed E-state index contributed by atoms with van der Waals surface area (Å²) in [5.74, 6) is 0.968. The van der Waals surface area contributed by atoms with E-state index in [0.717, 1.165) is 18.1 Å². The minimum Gasteiger partial charge on any atom is -0.340 e. The number of fused-ring (bicyclic) bond motifs is 2. The lowest BCUT2D eigenvalue weighted by atomic mass is 10.1. The number of rotatable bonds is 1. The average molecular weight is 258 g/mol. The molecule has 0 saturated heterocycles. The predicted octanol–water partition coefficient (Wildman–Crippen LogP) is 4.21. The van der Waals surface area contributed by atoms with E-state index in [0.29, 0.717) is 0 Å². The third kappa shape index (κ3) is 1.86. The van der Waals surface area contributed by atoms with Crippen LogP contribution in [-0.4, -0.2) is 5.84 Å².